The van der Waals surface area contributed by atoms with Crippen LogP contribution in [0.25, 0.3) is 0 Å². The second-order valence-corrected chi connectivity index (χ2v) is 6.56. The smallest absolute Gasteiger partial charge is 0.408 e. The highest BCUT2D eigenvalue weighted by Crippen LogP contribution is 2.41. The average Bonchev–Trinajstić information content (AvgIpc) is 2.84. The summed E-state index contributed by atoms with van der Waals surface area (Å²) in [7, 11) is 1.29. The van der Waals surface area contributed by atoms with Gasteiger partial charge in [-0.1, -0.05) is 18.8 Å². The Morgan fingerprint density at radius 2 is 1.90 bits per heavy atom. The summed E-state index contributed by atoms with van der Waals surface area (Å²) in [6.45, 7) is 5.29. The number of carbonyl (C=O) groups excluding carboxylic acids is 2. The Balaban J connectivity index is 2.75. The van der Waals surface area contributed by atoms with Gasteiger partial charge in [-0.3, -0.25) is 0 Å². The molecule has 5 heteroatoms. The second kappa shape index (κ2) is 6.84. The van der Waals surface area contributed by atoms with E-state index in [1.807, 2.05) is 0 Å². The number of amides is 1. The van der Waals surface area contributed by atoms with Crippen molar-refractivity contribution in [3.05, 3.63) is 0 Å². The quantitative estimate of drug-likeness (QED) is 0.639. The fourth-order valence-corrected chi connectivity index (χ4v) is 2.64. The van der Waals surface area contributed by atoms with Gasteiger partial charge in [0.25, 0.3) is 0 Å². The molecule has 0 aromatic heterocycles. The zero-order valence-electron chi connectivity index (χ0n) is 13.3. The van der Waals surface area contributed by atoms with Crippen LogP contribution in [0.15, 0.2) is 0 Å². The van der Waals surface area contributed by atoms with Gasteiger partial charge in [-0.05, 0) is 40.0 Å². The minimum atomic E-state index is -0.779. The van der Waals surface area contributed by atoms with Crippen molar-refractivity contribution >= 4 is 12.1 Å². The molecule has 0 aromatic rings. The lowest BCUT2D eigenvalue weighted by Crippen LogP contribution is -2.46. The van der Waals surface area contributed by atoms with Gasteiger partial charge >= 0.3 is 12.1 Å². The lowest BCUT2D eigenvalue weighted by molar-refractivity contribution is -0.143. The first-order chi connectivity index (χ1) is 9.71. The van der Waals surface area contributed by atoms with Crippen LogP contribution >= 0.6 is 0 Å². The molecule has 118 valence electrons. The maximum Gasteiger partial charge on any atom is 0.408 e. The highest BCUT2D eigenvalue weighted by Gasteiger charge is 2.38. The van der Waals surface area contributed by atoms with Crippen LogP contribution in [0.3, 0.4) is 0 Å². The highest BCUT2D eigenvalue weighted by atomic mass is 16.6. The molecule has 0 radical (unpaired) electrons. The molecule has 0 bridgehead atoms. The molecule has 0 heterocycles. The number of ether oxygens (including phenoxy) is 2. The van der Waals surface area contributed by atoms with E-state index in [1.165, 1.54) is 7.11 Å². The van der Waals surface area contributed by atoms with E-state index in [0.29, 0.717) is 6.42 Å². The van der Waals surface area contributed by atoms with Gasteiger partial charge in [0.05, 0.1) is 7.11 Å². The molecule has 1 aliphatic carbocycles. The molecule has 1 fully saturated rings. The lowest BCUT2D eigenvalue weighted by Gasteiger charge is -2.28. The first-order valence-corrected chi connectivity index (χ1v) is 7.26. The Hall–Kier alpha value is -1.70. The maximum atomic E-state index is 11.9. The minimum Gasteiger partial charge on any atom is -0.467 e. The largest absolute Gasteiger partial charge is 0.467 e. The fourth-order valence-electron chi connectivity index (χ4n) is 2.64. The third-order valence-electron chi connectivity index (χ3n) is 3.64. The molecule has 0 aromatic carbocycles. The molecule has 21 heavy (non-hydrogen) atoms. The standard InChI is InChI=1S/C16H25NO4/c1-6-16(9-7-8-10-16)11-12(13(18)20-5)17-14(19)21-15(2,3)4/h1,12H,7-11H2,2-5H3,(H,17,19)/t12-/m0/s1. The molecular formula is C16H25NO4. The van der Waals surface area contributed by atoms with Crippen LogP contribution in [-0.4, -0.2) is 30.8 Å². The number of hydrogen-bond acceptors (Lipinski definition) is 4. The van der Waals surface area contributed by atoms with Gasteiger partial charge in [-0.15, -0.1) is 6.42 Å². The molecule has 1 amide bonds. The first kappa shape index (κ1) is 17.4. The first-order valence-electron chi connectivity index (χ1n) is 7.26. The van der Waals surface area contributed by atoms with Crippen molar-refractivity contribution in [3.63, 3.8) is 0 Å². The van der Waals surface area contributed by atoms with Crippen molar-refractivity contribution in [2.45, 2.75) is 64.5 Å². The SMILES string of the molecule is C#CC1(C[C@H](NC(=O)OC(C)(C)C)C(=O)OC)CCCC1. The molecule has 1 saturated carbocycles. The van der Waals surface area contributed by atoms with E-state index >= 15 is 0 Å². The number of carbonyl (C=O) groups is 2. The summed E-state index contributed by atoms with van der Waals surface area (Å²) < 4.78 is 9.95. The third-order valence-corrected chi connectivity index (χ3v) is 3.64. The third kappa shape index (κ3) is 5.30. The molecule has 1 N–H and O–H groups in total. The Kier molecular flexibility index (Phi) is 5.65. The summed E-state index contributed by atoms with van der Waals surface area (Å²) in [5, 5.41) is 2.58. The summed E-state index contributed by atoms with van der Waals surface area (Å²) >= 11 is 0. The fraction of sp³-hybridized carbons (Fsp3) is 0.750. The number of alkyl carbamates (subject to hydrolysis) is 1. The van der Waals surface area contributed by atoms with Crippen LogP contribution < -0.4 is 5.32 Å². The number of rotatable bonds is 4. The van der Waals surface area contributed by atoms with Crippen molar-refractivity contribution in [1.82, 2.24) is 5.32 Å². The predicted molar refractivity (Wildman–Crippen MR) is 79.5 cm³/mol. The summed E-state index contributed by atoms with van der Waals surface area (Å²) in [5.74, 6) is 2.31. The van der Waals surface area contributed by atoms with Gasteiger partial charge in [0, 0.05) is 5.41 Å². The molecular weight excluding hydrogens is 270 g/mol. The number of terminal acetylenes is 1. The average molecular weight is 295 g/mol. The van der Waals surface area contributed by atoms with E-state index in [9.17, 15) is 9.59 Å². The van der Waals surface area contributed by atoms with E-state index in [0.717, 1.165) is 25.7 Å². The molecule has 0 unspecified atom stereocenters. The van der Waals surface area contributed by atoms with Crippen LogP contribution in [0.1, 0.15) is 52.9 Å². The van der Waals surface area contributed by atoms with Crippen LogP contribution in [0.5, 0.6) is 0 Å². The summed E-state index contributed by atoms with van der Waals surface area (Å²) in [6, 6.07) is -0.779. The van der Waals surface area contributed by atoms with Crippen molar-refractivity contribution in [3.8, 4) is 12.3 Å². The Labute approximate surface area is 126 Å². The number of nitrogens with one attached hydrogen (secondary N) is 1. The van der Waals surface area contributed by atoms with Gasteiger partial charge in [0.1, 0.15) is 11.6 Å². The van der Waals surface area contributed by atoms with Gasteiger partial charge in [0.2, 0.25) is 0 Å². The molecule has 0 aliphatic heterocycles. The number of methoxy groups -OCH3 is 1. The molecule has 1 aliphatic rings. The van der Waals surface area contributed by atoms with E-state index in [4.69, 9.17) is 15.9 Å². The molecule has 5 nitrogen and oxygen atoms in total. The van der Waals surface area contributed by atoms with Gasteiger partial charge in [0.15, 0.2) is 0 Å². The highest BCUT2D eigenvalue weighted by molar-refractivity contribution is 5.81. The zero-order chi connectivity index (χ0) is 16.1. The van der Waals surface area contributed by atoms with E-state index < -0.39 is 23.7 Å². The van der Waals surface area contributed by atoms with E-state index in [-0.39, 0.29) is 5.41 Å². The number of hydrogen-bond donors (Lipinski definition) is 1. The van der Waals surface area contributed by atoms with E-state index in [1.54, 1.807) is 20.8 Å². The summed E-state index contributed by atoms with van der Waals surface area (Å²) in [6.07, 6.45) is 9.22. The van der Waals surface area contributed by atoms with Crippen LogP contribution in [0, 0.1) is 17.8 Å². The summed E-state index contributed by atoms with van der Waals surface area (Å²) in [4.78, 5) is 23.8. The van der Waals surface area contributed by atoms with Crippen LogP contribution in [0.4, 0.5) is 4.79 Å². The number of esters is 1. The lowest BCUT2D eigenvalue weighted by atomic mass is 9.81. The molecule has 1 atom stereocenters. The van der Waals surface area contributed by atoms with Gasteiger partial charge < -0.3 is 14.8 Å². The van der Waals surface area contributed by atoms with Crippen LogP contribution in [0.2, 0.25) is 0 Å². The van der Waals surface area contributed by atoms with Crippen LogP contribution in [-0.2, 0) is 14.3 Å². The topological polar surface area (TPSA) is 64.6 Å². The normalized spacial score (nSPS) is 18.4. The maximum absolute atomic E-state index is 11.9. The van der Waals surface area contributed by atoms with Gasteiger partial charge in [-0.25, -0.2) is 9.59 Å². The monoisotopic (exact) mass is 295 g/mol. The molecule has 0 saturated heterocycles. The minimum absolute atomic E-state index is 0.339. The Morgan fingerprint density at radius 1 is 1.33 bits per heavy atom. The predicted octanol–water partition coefficient (Wildman–Crippen LogP) is 2.64. The Bertz CT molecular complexity index is 425. The zero-order valence-corrected chi connectivity index (χ0v) is 13.3. The second-order valence-electron chi connectivity index (χ2n) is 6.56. The Morgan fingerprint density at radius 3 is 2.33 bits per heavy atom. The summed E-state index contributed by atoms with van der Waals surface area (Å²) in [5.41, 5.74) is -0.963. The molecule has 1 rings (SSSR count). The molecule has 0 spiro atoms. The van der Waals surface area contributed by atoms with Crippen molar-refractivity contribution < 1.29 is 19.1 Å². The van der Waals surface area contributed by atoms with Gasteiger partial charge in [-0.2, -0.15) is 0 Å². The van der Waals surface area contributed by atoms with Crippen molar-refractivity contribution in [2.24, 2.45) is 5.41 Å². The van der Waals surface area contributed by atoms with Crippen molar-refractivity contribution in [1.29, 1.82) is 0 Å². The van der Waals surface area contributed by atoms with Crippen molar-refractivity contribution in [2.75, 3.05) is 7.11 Å². The van der Waals surface area contributed by atoms with E-state index in [2.05, 4.69) is 11.2 Å².